The predicted octanol–water partition coefficient (Wildman–Crippen LogP) is 10.8. The van der Waals surface area contributed by atoms with E-state index in [2.05, 4.69) is 58.5 Å². The molecule has 274 valence electrons. The van der Waals surface area contributed by atoms with Gasteiger partial charge >= 0.3 is 11.9 Å². The summed E-state index contributed by atoms with van der Waals surface area (Å²) in [6.45, 7) is 0. The zero-order valence-electron chi connectivity index (χ0n) is 30.0. The second kappa shape index (κ2) is 19.7. The van der Waals surface area contributed by atoms with Gasteiger partial charge in [-0.15, -0.1) is 0 Å². The molecule has 2 atom stereocenters. The Labute approximate surface area is 327 Å². The van der Waals surface area contributed by atoms with Gasteiger partial charge < -0.3 is 9.47 Å². The van der Waals surface area contributed by atoms with Crippen LogP contribution >= 0.6 is 23.2 Å². The summed E-state index contributed by atoms with van der Waals surface area (Å²) in [5.41, 5.74) is 8.48. The summed E-state index contributed by atoms with van der Waals surface area (Å²) >= 11 is 12.4. The van der Waals surface area contributed by atoms with Crippen molar-refractivity contribution in [2.45, 2.75) is 63.6 Å². The number of aromatic nitrogens is 2. The summed E-state index contributed by atoms with van der Waals surface area (Å²) in [4.78, 5) is 35.1. The van der Waals surface area contributed by atoms with Gasteiger partial charge in [-0.2, -0.15) is 0 Å². The average Bonchev–Trinajstić information content (AvgIpc) is 3.21. The van der Waals surface area contributed by atoms with E-state index >= 15 is 0 Å². The van der Waals surface area contributed by atoms with Crippen LogP contribution in [0.3, 0.4) is 0 Å². The molecule has 0 aliphatic carbocycles. The lowest BCUT2D eigenvalue weighted by Crippen LogP contribution is -2.30. The van der Waals surface area contributed by atoms with Crippen LogP contribution in [-0.2, 0) is 44.7 Å². The molecule has 2 aromatic heterocycles. The molecule has 0 aliphatic heterocycles. The number of esters is 2. The first-order valence-electron chi connectivity index (χ1n) is 18.3. The fourth-order valence-corrected chi connectivity index (χ4v) is 6.77. The van der Waals surface area contributed by atoms with Gasteiger partial charge in [-0.05, 0) is 132 Å². The Balaban J connectivity index is 1.09. The molecule has 54 heavy (non-hydrogen) atoms. The number of halogens is 2. The van der Waals surface area contributed by atoms with Crippen LogP contribution in [-0.4, -0.2) is 34.1 Å². The number of hydrogen-bond acceptors (Lipinski definition) is 6. The first kappa shape index (κ1) is 38.4. The molecule has 2 unspecified atom stereocenters. The smallest absolute Gasteiger partial charge is 0.417 e. The SMILES string of the molecule is O=C(OC(CCc1ccc(-c2cccc(Cl)c2)cc1)CCc1cccnc1)C(=O)OC(CCc1ccc(-c2cccc(Cl)c2)cc1)CCc1cccnc1. The third-order valence-corrected chi connectivity index (χ3v) is 9.87. The predicted molar refractivity (Wildman–Crippen MR) is 215 cm³/mol. The van der Waals surface area contributed by atoms with E-state index < -0.39 is 24.1 Å². The number of nitrogens with zero attached hydrogens (tertiary/aromatic N) is 2. The molecule has 0 fully saturated rings. The van der Waals surface area contributed by atoms with Crippen molar-refractivity contribution in [2.75, 3.05) is 0 Å². The molecule has 0 amide bonds. The van der Waals surface area contributed by atoms with Gasteiger partial charge in [0.25, 0.3) is 0 Å². The van der Waals surface area contributed by atoms with E-state index in [9.17, 15) is 9.59 Å². The summed E-state index contributed by atoms with van der Waals surface area (Å²) < 4.78 is 11.8. The summed E-state index contributed by atoms with van der Waals surface area (Å²) in [5, 5.41) is 1.38. The number of ether oxygens (including phenoxy) is 2. The largest absolute Gasteiger partial charge is 0.454 e. The summed E-state index contributed by atoms with van der Waals surface area (Å²) in [6, 6.07) is 39.8. The van der Waals surface area contributed by atoms with E-state index in [4.69, 9.17) is 32.7 Å². The highest BCUT2D eigenvalue weighted by atomic mass is 35.5. The molecule has 6 nitrogen and oxygen atoms in total. The molecule has 0 bridgehead atoms. The van der Waals surface area contributed by atoms with Crippen LogP contribution in [0.2, 0.25) is 10.0 Å². The van der Waals surface area contributed by atoms with E-state index in [0.29, 0.717) is 61.4 Å². The van der Waals surface area contributed by atoms with Crippen molar-refractivity contribution in [3.63, 3.8) is 0 Å². The van der Waals surface area contributed by atoms with Gasteiger partial charge in [-0.3, -0.25) is 9.97 Å². The highest BCUT2D eigenvalue weighted by Gasteiger charge is 2.26. The summed E-state index contributed by atoms with van der Waals surface area (Å²) in [5.74, 6) is -1.94. The molecule has 0 saturated carbocycles. The minimum absolute atomic E-state index is 0.496. The second-order valence-corrected chi connectivity index (χ2v) is 14.2. The topological polar surface area (TPSA) is 78.4 Å². The highest BCUT2D eigenvalue weighted by molar-refractivity contribution is 6.31. The van der Waals surface area contributed by atoms with Crippen LogP contribution in [0.4, 0.5) is 0 Å². The Kier molecular flexibility index (Phi) is 14.0. The van der Waals surface area contributed by atoms with Crippen molar-refractivity contribution < 1.29 is 19.1 Å². The molecule has 0 spiro atoms. The molecule has 6 rings (SSSR count). The molecule has 0 radical (unpaired) electrons. The van der Waals surface area contributed by atoms with Crippen LogP contribution < -0.4 is 0 Å². The summed E-state index contributed by atoms with van der Waals surface area (Å²) in [7, 11) is 0. The third-order valence-electron chi connectivity index (χ3n) is 9.40. The van der Waals surface area contributed by atoms with Crippen molar-refractivity contribution in [2.24, 2.45) is 0 Å². The maximum atomic E-state index is 13.3. The first-order valence-corrected chi connectivity index (χ1v) is 19.0. The quantitative estimate of drug-likeness (QED) is 0.0723. The van der Waals surface area contributed by atoms with Crippen molar-refractivity contribution in [1.82, 2.24) is 9.97 Å². The Morgan fingerprint density at radius 1 is 0.463 bits per heavy atom. The number of carbonyl (C=O) groups excluding carboxylic acids is 2. The molecule has 0 saturated heterocycles. The van der Waals surface area contributed by atoms with E-state index in [1.165, 1.54) is 0 Å². The number of rotatable bonds is 16. The highest BCUT2D eigenvalue weighted by Crippen LogP contribution is 2.26. The normalized spacial score (nSPS) is 12.1. The zero-order chi connectivity index (χ0) is 37.5. The fourth-order valence-electron chi connectivity index (χ4n) is 6.39. The van der Waals surface area contributed by atoms with Gasteiger partial charge in [0.1, 0.15) is 12.2 Å². The molecule has 4 aromatic carbocycles. The summed E-state index contributed by atoms with van der Waals surface area (Å²) in [6.07, 6.45) is 10.9. The van der Waals surface area contributed by atoms with Gasteiger partial charge in [-0.25, -0.2) is 9.59 Å². The Morgan fingerprint density at radius 2 is 0.852 bits per heavy atom. The van der Waals surface area contributed by atoms with Crippen molar-refractivity contribution in [3.8, 4) is 22.3 Å². The van der Waals surface area contributed by atoms with Gasteiger partial charge in [0.15, 0.2) is 0 Å². The van der Waals surface area contributed by atoms with Crippen molar-refractivity contribution in [3.05, 3.63) is 178 Å². The van der Waals surface area contributed by atoms with Crippen LogP contribution in [0, 0.1) is 0 Å². The Morgan fingerprint density at radius 3 is 1.20 bits per heavy atom. The van der Waals surface area contributed by atoms with E-state index in [-0.39, 0.29) is 0 Å². The van der Waals surface area contributed by atoms with E-state index in [0.717, 1.165) is 44.5 Å². The zero-order valence-corrected chi connectivity index (χ0v) is 31.5. The number of benzene rings is 4. The first-order chi connectivity index (χ1) is 26.4. The van der Waals surface area contributed by atoms with Gasteiger partial charge in [0.2, 0.25) is 0 Å². The van der Waals surface area contributed by atoms with Crippen LogP contribution in [0.25, 0.3) is 22.3 Å². The minimum Gasteiger partial charge on any atom is -0.454 e. The van der Waals surface area contributed by atoms with E-state index in [1.807, 2.05) is 72.8 Å². The molecular formula is C46H42Cl2N2O4. The second-order valence-electron chi connectivity index (χ2n) is 13.3. The number of aryl methyl sites for hydroxylation is 4. The lowest BCUT2D eigenvalue weighted by Gasteiger charge is -2.20. The molecule has 6 aromatic rings. The maximum Gasteiger partial charge on any atom is 0.417 e. The van der Waals surface area contributed by atoms with Crippen LogP contribution in [0.5, 0.6) is 0 Å². The van der Waals surface area contributed by atoms with Crippen molar-refractivity contribution in [1.29, 1.82) is 0 Å². The fraction of sp³-hybridized carbons (Fsp3) is 0.217. The minimum atomic E-state index is -0.972. The van der Waals surface area contributed by atoms with Gasteiger partial charge in [0.05, 0.1) is 0 Å². The molecule has 8 heteroatoms. The lowest BCUT2D eigenvalue weighted by molar-refractivity contribution is -0.174. The Hall–Kier alpha value is -5.30. The van der Waals surface area contributed by atoms with Gasteiger partial charge in [-0.1, -0.05) is 108 Å². The lowest BCUT2D eigenvalue weighted by atomic mass is 9.99. The van der Waals surface area contributed by atoms with Crippen LogP contribution in [0.15, 0.2) is 146 Å². The third kappa shape index (κ3) is 11.9. The monoisotopic (exact) mass is 756 g/mol. The average molecular weight is 758 g/mol. The van der Waals surface area contributed by atoms with Gasteiger partial charge in [0, 0.05) is 34.8 Å². The molecule has 2 heterocycles. The standard InChI is InChI=1S/C46H42Cl2N2O4/c47-41-9-1-7-39(29-41)37-19-11-33(12-20-37)15-23-43(25-17-35-5-3-27-49-31-35)53-45(51)46(52)54-44(26-18-36-6-4-28-50-32-36)24-16-34-13-21-38(22-14-34)40-8-2-10-42(48)30-40/h1-14,19-22,27-32,43-44H,15-18,23-26H2. The van der Waals surface area contributed by atoms with Crippen LogP contribution in [0.1, 0.15) is 47.9 Å². The maximum absolute atomic E-state index is 13.3. The number of hydrogen-bond donors (Lipinski definition) is 0. The Bertz CT molecular complexity index is 1940. The molecular weight excluding hydrogens is 715 g/mol. The number of pyridine rings is 2. The van der Waals surface area contributed by atoms with E-state index in [1.54, 1.807) is 24.8 Å². The number of carbonyl (C=O) groups is 2. The molecule has 0 N–H and O–H groups in total. The molecule has 0 aliphatic rings. The van der Waals surface area contributed by atoms with Crippen molar-refractivity contribution >= 4 is 35.1 Å².